The first-order valence-corrected chi connectivity index (χ1v) is 3.48. The number of hydrogen-bond acceptors (Lipinski definition) is 2. The molecule has 0 aliphatic heterocycles. The van der Waals surface area contributed by atoms with E-state index in [1.54, 1.807) is 0 Å². The molecule has 0 bridgehead atoms. The highest BCUT2D eigenvalue weighted by atomic mass is 15.1. The van der Waals surface area contributed by atoms with Gasteiger partial charge >= 0.3 is 0 Å². The van der Waals surface area contributed by atoms with E-state index in [1.807, 2.05) is 24.7 Å². The molecule has 0 spiro atoms. The second kappa shape index (κ2) is 2.73. The smallest absolute Gasteiger partial charge is 0.144 e. The largest absolute Gasteiger partial charge is 0.369 e. The lowest BCUT2D eigenvalue weighted by Gasteiger charge is -1.92. The van der Waals surface area contributed by atoms with Gasteiger partial charge in [0.15, 0.2) is 0 Å². The number of aryl methyl sites for hydroxylation is 2. The number of aromatic nitrogens is 2. The quantitative estimate of drug-likeness (QED) is 0.666. The molecule has 1 aromatic rings. The van der Waals surface area contributed by atoms with E-state index in [4.69, 9.17) is 0 Å². The van der Waals surface area contributed by atoms with Crippen molar-refractivity contribution in [3.63, 3.8) is 0 Å². The van der Waals surface area contributed by atoms with Crippen LogP contribution in [0.15, 0.2) is 6.20 Å². The van der Waals surface area contributed by atoms with Crippen LogP contribution in [0.2, 0.25) is 0 Å². The molecule has 1 aromatic heterocycles. The van der Waals surface area contributed by atoms with Crippen LogP contribution in [-0.4, -0.2) is 16.1 Å². The molecule has 0 fully saturated rings. The first-order valence-electron chi connectivity index (χ1n) is 3.48. The van der Waals surface area contributed by atoms with Crippen molar-refractivity contribution in [3.05, 3.63) is 12.0 Å². The van der Waals surface area contributed by atoms with Gasteiger partial charge in [0.2, 0.25) is 0 Å². The third-order valence-corrected chi connectivity index (χ3v) is 1.47. The van der Waals surface area contributed by atoms with Crippen LogP contribution in [0.3, 0.4) is 0 Å². The van der Waals surface area contributed by atoms with Crippen molar-refractivity contribution in [2.45, 2.75) is 13.8 Å². The minimum Gasteiger partial charge on any atom is -0.369 e. The molecule has 0 atom stereocenters. The summed E-state index contributed by atoms with van der Waals surface area (Å²) in [7, 11) is 1.99. The van der Waals surface area contributed by atoms with E-state index in [0.29, 0.717) is 0 Å². The zero-order chi connectivity index (χ0) is 7.56. The van der Waals surface area contributed by atoms with Crippen molar-refractivity contribution in [1.29, 1.82) is 0 Å². The molecule has 1 rings (SSSR count). The first-order chi connectivity index (χ1) is 4.74. The van der Waals surface area contributed by atoms with Gasteiger partial charge < -0.3 is 9.88 Å². The topological polar surface area (TPSA) is 29.9 Å². The van der Waals surface area contributed by atoms with E-state index in [1.165, 1.54) is 0 Å². The molecule has 1 heterocycles. The Morgan fingerprint density at radius 1 is 1.70 bits per heavy atom. The molecule has 0 radical (unpaired) electrons. The van der Waals surface area contributed by atoms with Gasteiger partial charge in [-0.2, -0.15) is 0 Å². The molecular formula is C7H13N3. The maximum Gasteiger partial charge on any atom is 0.144 e. The molecule has 0 saturated heterocycles. The van der Waals surface area contributed by atoms with Crippen LogP contribution in [0.5, 0.6) is 0 Å². The number of imidazole rings is 1. The summed E-state index contributed by atoms with van der Waals surface area (Å²) in [6.45, 7) is 4.97. The Hall–Kier alpha value is -0.990. The summed E-state index contributed by atoms with van der Waals surface area (Å²) >= 11 is 0. The van der Waals surface area contributed by atoms with Crippen molar-refractivity contribution >= 4 is 5.82 Å². The number of rotatable bonds is 2. The van der Waals surface area contributed by atoms with Gasteiger partial charge in [0.1, 0.15) is 11.6 Å². The van der Waals surface area contributed by atoms with Gasteiger partial charge in [0.25, 0.3) is 0 Å². The van der Waals surface area contributed by atoms with Crippen molar-refractivity contribution in [3.8, 4) is 0 Å². The SMILES string of the molecule is CCNc1cn(C)c(C)n1. The Labute approximate surface area is 61.1 Å². The molecule has 56 valence electrons. The molecule has 1 N–H and O–H groups in total. The fourth-order valence-electron chi connectivity index (χ4n) is 0.825. The van der Waals surface area contributed by atoms with Crippen molar-refractivity contribution in [2.24, 2.45) is 7.05 Å². The summed E-state index contributed by atoms with van der Waals surface area (Å²) in [5.41, 5.74) is 0. The third-order valence-electron chi connectivity index (χ3n) is 1.47. The molecule has 3 heteroatoms. The molecule has 0 amide bonds. The van der Waals surface area contributed by atoms with Crippen LogP contribution >= 0.6 is 0 Å². The normalized spacial score (nSPS) is 9.90. The lowest BCUT2D eigenvalue weighted by Crippen LogP contribution is -1.95. The van der Waals surface area contributed by atoms with Crippen LogP contribution in [0.25, 0.3) is 0 Å². The number of nitrogens with one attached hydrogen (secondary N) is 1. The highest BCUT2D eigenvalue weighted by Gasteiger charge is 1.96. The predicted molar refractivity (Wildman–Crippen MR) is 42.1 cm³/mol. The lowest BCUT2D eigenvalue weighted by molar-refractivity contribution is 0.858. The van der Waals surface area contributed by atoms with E-state index >= 15 is 0 Å². The van der Waals surface area contributed by atoms with E-state index in [9.17, 15) is 0 Å². The standard InChI is InChI=1S/C7H13N3/c1-4-8-7-5-10(3)6(2)9-7/h5,8H,4H2,1-3H3. The average molecular weight is 139 g/mol. The second-order valence-electron chi connectivity index (χ2n) is 2.31. The maximum absolute atomic E-state index is 4.25. The molecule has 10 heavy (non-hydrogen) atoms. The van der Waals surface area contributed by atoms with Gasteiger partial charge in [0, 0.05) is 19.8 Å². The monoisotopic (exact) mass is 139 g/mol. The molecular weight excluding hydrogens is 126 g/mol. The van der Waals surface area contributed by atoms with E-state index in [-0.39, 0.29) is 0 Å². The van der Waals surface area contributed by atoms with E-state index < -0.39 is 0 Å². The van der Waals surface area contributed by atoms with Crippen LogP contribution in [-0.2, 0) is 7.05 Å². The first kappa shape index (κ1) is 7.12. The average Bonchev–Trinajstić information content (AvgIpc) is 2.14. The predicted octanol–water partition coefficient (Wildman–Crippen LogP) is 1.16. The van der Waals surface area contributed by atoms with E-state index in [0.717, 1.165) is 18.2 Å². The number of nitrogens with zero attached hydrogens (tertiary/aromatic N) is 2. The van der Waals surface area contributed by atoms with Crippen molar-refractivity contribution in [2.75, 3.05) is 11.9 Å². The summed E-state index contributed by atoms with van der Waals surface area (Å²) in [5, 5.41) is 3.14. The summed E-state index contributed by atoms with van der Waals surface area (Å²) in [5.74, 6) is 2.00. The summed E-state index contributed by atoms with van der Waals surface area (Å²) in [4.78, 5) is 4.25. The van der Waals surface area contributed by atoms with E-state index in [2.05, 4.69) is 17.2 Å². The summed E-state index contributed by atoms with van der Waals surface area (Å²) in [6.07, 6.45) is 1.98. The van der Waals surface area contributed by atoms with Gasteiger partial charge in [0.05, 0.1) is 0 Å². The van der Waals surface area contributed by atoms with Crippen LogP contribution in [0, 0.1) is 6.92 Å². The summed E-state index contributed by atoms with van der Waals surface area (Å²) < 4.78 is 2.00. The molecule has 0 aliphatic carbocycles. The molecule has 0 unspecified atom stereocenters. The summed E-state index contributed by atoms with van der Waals surface area (Å²) in [6, 6.07) is 0. The van der Waals surface area contributed by atoms with Crippen LogP contribution in [0.4, 0.5) is 5.82 Å². The number of anilines is 1. The highest BCUT2D eigenvalue weighted by Crippen LogP contribution is 2.03. The van der Waals surface area contributed by atoms with Gasteiger partial charge in [-0.15, -0.1) is 0 Å². The Balaban J connectivity index is 2.77. The molecule has 0 aliphatic rings. The molecule has 0 aromatic carbocycles. The van der Waals surface area contributed by atoms with Gasteiger partial charge in [-0.25, -0.2) is 4.98 Å². The van der Waals surface area contributed by atoms with Crippen molar-refractivity contribution in [1.82, 2.24) is 9.55 Å². The zero-order valence-electron chi connectivity index (χ0n) is 6.68. The third kappa shape index (κ3) is 1.29. The van der Waals surface area contributed by atoms with Crippen LogP contribution < -0.4 is 5.32 Å². The fourth-order valence-corrected chi connectivity index (χ4v) is 0.825. The van der Waals surface area contributed by atoms with Gasteiger partial charge in [-0.05, 0) is 13.8 Å². The molecule has 3 nitrogen and oxygen atoms in total. The van der Waals surface area contributed by atoms with Gasteiger partial charge in [-0.3, -0.25) is 0 Å². The van der Waals surface area contributed by atoms with Crippen LogP contribution in [0.1, 0.15) is 12.7 Å². The number of hydrogen-bond donors (Lipinski definition) is 1. The Kier molecular flexibility index (Phi) is 1.94. The highest BCUT2D eigenvalue weighted by molar-refractivity contribution is 5.32. The molecule has 0 saturated carbocycles. The lowest BCUT2D eigenvalue weighted by atomic mass is 10.6. The zero-order valence-corrected chi connectivity index (χ0v) is 6.68. The maximum atomic E-state index is 4.25. The minimum absolute atomic E-state index is 0.927. The fraction of sp³-hybridized carbons (Fsp3) is 0.571. The van der Waals surface area contributed by atoms with Crippen molar-refractivity contribution < 1.29 is 0 Å². The Bertz CT molecular complexity index is 195. The Morgan fingerprint density at radius 2 is 2.40 bits per heavy atom. The minimum atomic E-state index is 0.927. The Morgan fingerprint density at radius 3 is 2.80 bits per heavy atom. The second-order valence-corrected chi connectivity index (χ2v) is 2.31. The van der Waals surface area contributed by atoms with Gasteiger partial charge in [-0.1, -0.05) is 0 Å².